The van der Waals surface area contributed by atoms with Gasteiger partial charge in [0, 0.05) is 30.6 Å². The molecule has 1 amide bonds. The summed E-state index contributed by atoms with van der Waals surface area (Å²) in [5, 5.41) is 3.03. The van der Waals surface area contributed by atoms with Crippen LogP contribution >= 0.6 is 0 Å². The van der Waals surface area contributed by atoms with Crippen molar-refractivity contribution >= 4 is 5.91 Å². The Hall–Kier alpha value is -0.610. The lowest BCUT2D eigenvalue weighted by Crippen LogP contribution is -2.49. The second-order valence-electron chi connectivity index (χ2n) is 7.20. The van der Waals surface area contributed by atoms with Gasteiger partial charge in [0.25, 0.3) is 0 Å². The molecule has 0 heterocycles. The van der Waals surface area contributed by atoms with Crippen molar-refractivity contribution in [2.24, 2.45) is 5.73 Å². The number of hydrogen-bond donors (Lipinski definition) is 2. The normalized spacial score (nSPS) is 19.7. The minimum atomic E-state index is -0.170. The number of likely N-dealkylation sites (N-methyl/N-ethyl adjacent to an activating group) is 1. The molecule has 0 aromatic carbocycles. The molecule has 0 aromatic heterocycles. The smallest absolute Gasteiger partial charge is 0.222 e. The topological polar surface area (TPSA) is 58.4 Å². The van der Waals surface area contributed by atoms with E-state index < -0.39 is 0 Å². The molecule has 0 spiro atoms. The van der Waals surface area contributed by atoms with Gasteiger partial charge in [-0.25, -0.2) is 0 Å². The largest absolute Gasteiger partial charge is 0.351 e. The first-order valence-corrected chi connectivity index (χ1v) is 8.06. The van der Waals surface area contributed by atoms with E-state index in [1.807, 2.05) is 20.8 Å². The summed E-state index contributed by atoms with van der Waals surface area (Å²) in [6.45, 7) is 6.58. The molecule has 1 atom stereocenters. The maximum absolute atomic E-state index is 12.1. The fourth-order valence-corrected chi connectivity index (χ4v) is 3.04. The molecule has 0 radical (unpaired) electrons. The Kier molecular flexibility index (Phi) is 6.96. The first-order valence-electron chi connectivity index (χ1n) is 8.06. The van der Waals surface area contributed by atoms with Gasteiger partial charge in [0.2, 0.25) is 5.91 Å². The number of carbonyl (C=O) groups excluding carboxylic acids is 1. The molecule has 1 rings (SSSR count). The van der Waals surface area contributed by atoms with E-state index in [9.17, 15) is 4.79 Å². The van der Waals surface area contributed by atoms with Crippen LogP contribution in [0.4, 0.5) is 0 Å². The highest BCUT2D eigenvalue weighted by atomic mass is 16.1. The van der Waals surface area contributed by atoms with E-state index in [2.05, 4.69) is 17.3 Å². The molecule has 0 aromatic rings. The van der Waals surface area contributed by atoms with Crippen molar-refractivity contribution in [2.75, 3.05) is 13.6 Å². The van der Waals surface area contributed by atoms with Gasteiger partial charge in [0.1, 0.15) is 0 Å². The van der Waals surface area contributed by atoms with Crippen LogP contribution in [0.5, 0.6) is 0 Å². The van der Waals surface area contributed by atoms with Crippen molar-refractivity contribution in [3.8, 4) is 0 Å². The maximum Gasteiger partial charge on any atom is 0.222 e. The Morgan fingerprint density at radius 3 is 2.25 bits per heavy atom. The monoisotopic (exact) mass is 283 g/mol. The first kappa shape index (κ1) is 17.4. The lowest BCUT2D eigenvalue weighted by molar-refractivity contribution is -0.123. The quantitative estimate of drug-likeness (QED) is 0.761. The second-order valence-corrected chi connectivity index (χ2v) is 7.20. The number of nitrogens with one attached hydrogen (secondary N) is 1. The minimum Gasteiger partial charge on any atom is -0.351 e. The number of nitrogens with two attached hydrogens (primary N) is 1. The molecule has 1 aliphatic rings. The lowest BCUT2D eigenvalue weighted by Gasteiger charge is -2.34. The third-order valence-corrected chi connectivity index (χ3v) is 4.18. The van der Waals surface area contributed by atoms with Gasteiger partial charge in [-0.3, -0.25) is 9.69 Å². The summed E-state index contributed by atoms with van der Waals surface area (Å²) in [5.41, 5.74) is 5.74. The zero-order valence-electron chi connectivity index (χ0n) is 13.7. The zero-order valence-corrected chi connectivity index (χ0v) is 13.7. The van der Waals surface area contributed by atoms with Gasteiger partial charge < -0.3 is 11.1 Å². The fraction of sp³-hybridized carbons (Fsp3) is 0.938. The van der Waals surface area contributed by atoms with Crippen molar-refractivity contribution in [1.29, 1.82) is 0 Å². The molecule has 0 aliphatic heterocycles. The Morgan fingerprint density at radius 2 is 1.80 bits per heavy atom. The summed E-state index contributed by atoms with van der Waals surface area (Å²) in [7, 11) is 2.14. The van der Waals surface area contributed by atoms with Gasteiger partial charge in [-0.2, -0.15) is 0 Å². The van der Waals surface area contributed by atoms with E-state index in [0.29, 0.717) is 19.0 Å². The molecular weight excluding hydrogens is 250 g/mol. The van der Waals surface area contributed by atoms with Crippen LogP contribution < -0.4 is 11.1 Å². The molecule has 0 saturated heterocycles. The number of carbonyl (C=O) groups is 1. The van der Waals surface area contributed by atoms with Crippen molar-refractivity contribution in [3.05, 3.63) is 0 Å². The highest BCUT2D eigenvalue weighted by Gasteiger charge is 2.25. The van der Waals surface area contributed by atoms with Crippen molar-refractivity contribution in [3.63, 3.8) is 0 Å². The van der Waals surface area contributed by atoms with E-state index in [4.69, 9.17) is 5.73 Å². The molecule has 1 saturated carbocycles. The van der Waals surface area contributed by atoms with Crippen LogP contribution in [0.15, 0.2) is 0 Å². The number of rotatable bonds is 5. The average Bonchev–Trinajstić information content (AvgIpc) is 2.61. The average molecular weight is 283 g/mol. The van der Waals surface area contributed by atoms with Gasteiger partial charge in [-0.1, -0.05) is 25.7 Å². The van der Waals surface area contributed by atoms with Gasteiger partial charge in [0.15, 0.2) is 0 Å². The molecule has 1 aliphatic carbocycles. The predicted molar refractivity (Wildman–Crippen MR) is 84.6 cm³/mol. The van der Waals surface area contributed by atoms with Crippen molar-refractivity contribution < 1.29 is 4.79 Å². The Labute approximate surface area is 124 Å². The molecule has 118 valence electrons. The summed E-state index contributed by atoms with van der Waals surface area (Å²) >= 11 is 0. The Bertz CT molecular complexity index is 291. The minimum absolute atomic E-state index is 0.105. The third kappa shape index (κ3) is 6.23. The molecule has 0 bridgehead atoms. The predicted octanol–water partition coefficient (Wildman–Crippen LogP) is 2.27. The van der Waals surface area contributed by atoms with Crippen LogP contribution in [-0.2, 0) is 4.79 Å². The zero-order chi connectivity index (χ0) is 15.2. The molecule has 3 N–H and O–H groups in total. The van der Waals surface area contributed by atoms with Gasteiger partial charge in [-0.15, -0.1) is 0 Å². The first-order chi connectivity index (χ1) is 9.33. The van der Waals surface area contributed by atoms with Crippen LogP contribution in [0, 0.1) is 0 Å². The Morgan fingerprint density at radius 1 is 1.25 bits per heavy atom. The molecule has 1 unspecified atom stereocenters. The molecule has 1 fully saturated rings. The highest BCUT2D eigenvalue weighted by Crippen LogP contribution is 2.23. The highest BCUT2D eigenvalue weighted by molar-refractivity contribution is 5.77. The van der Waals surface area contributed by atoms with Crippen molar-refractivity contribution in [1.82, 2.24) is 10.2 Å². The Balaban J connectivity index is 2.53. The standard InChI is InChI=1S/C16H33N3O/c1-16(2,3)18-15(20)11-14(12-17)19(4)13-9-7-5-6-8-10-13/h13-14H,5-12,17H2,1-4H3,(H,18,20). The summed E-state index contributed by atoms with van der Waals surface area (Å²) in [6.07, 6.45) is 8.30. The van der Waals surface area contributed by atoms with Crippen molar-refractivity contribution in [2.45, 2.75) is 83.3 Å². The van der Waals surface area contributed by atoms with Crippen LogP contribution in [-0.4, -0.2) is 42.0 Å². The lowest BCUT2D eigenvalue weighted by atomic mass is 10.0. The summed E-state index contributed by atoms with van der Waals surface area (Å²) in [6, 6.07) is 0.744. The van der Waals surface area contributed by atoms with E-state index in [1.165, 1.54) is 38.5 Å². The van der Waals surface area contributed by atoms with Crippen LogP contribution in [0.25, 0.3) is 0 Å². The summed E-state index contributed by atoms with van der Waals surface area (Å²) in [4.78, 5) is 14.4. The number of nitrogens with zero attached hydrogens (tertiary/aromatic N) is 1. The van der Waals surface area contributed by atoms with E-state index in [-0.39, 0.29) is 17.5 Å². The van der Waals surface area contributed by atoms with E-state index in [0.717, 1.165) is 0 Å². The maximum atomic E-state index is 12.1. The summed E-state index contributed by atoms with van der Waals surface area (Å²) in [5.74, 6) is 0.105. The van der Waals surface area contributed by atoms with Gasteiger partial charge in [-0.05, 0) is 40.7 Å². The summed E-state index contributed by atoms with van der Waals surface area (Å²) < 4.78 is 0. The van der Waals surface area contributed by atoms with Gasteiger partial charge in [0.05, 0.1) is 0 Å². The van der Waals surface area contributed by atoms with E-state index in [1.54, 1.807) is 0 Å². The number of amides is 1. The van der Waals surface area contributed by atoms with Crippen LogP contribution in [0.1, 0.15) is 65.7 Å². The molecule has 4 nitrogen and oxygen atoms in total. The van der Waals surface area contributed by atoms with E-state index >= 15 is 0 Å². The molecular formula is C16H33N3O. The third-order valence-electron chi connectivity index (χ3n) is 4.18. The number of hydrogen-bond acceptors (Lipinski definition) is 3. The fourth-order valence-electron chi connectivity index (χ4n) is 3.04. The van der Waals surface area contributed by atoms with Crippen LogP contribution in [0.2, 0.25) is 0 Å². The molecule has 4 heteroatoms. The second kappa shape index (κ2) is 7.99. The molecule has 20 heavy (non-hydrogen) atoms. The van der Waals surface area contributed by atoms with Crippen LogP contribution in [0.3, 0.4) is 0 Å². The van der Waals surface area contributed by atoms with Gasteiger partial charge >= 0.3 is 0 Å². The SMILES string of the molecule is CN(C1CCCCCC1)C(CN)CC(=O)NC(C)(C)C.